The summed E-state index contributed by atoms with van der Waals surface area (Å²) in [5.74, 6) is 0. The lowest BCUT2D eigenvalue weighted by atomic mass is 10.2. The predicted molar refractivity (Wildman–Crippen MR) is 74.0 cm³/mol. The van der Waals surface area contributed by atoms with Crippen LogP contribution in [0.1, 0.15) is 25.1 Å². The van der Waals surface area contributed by atoms with Crippen molar-refractivity contribution in [1.29, 1.82) is 0 Å². The topological polar surface area (TPSA) is 15.3 Å². The van der Waals surface area contributed by atoms with Crippen molar-refractivity contribution in [2.24, 2.45) is 0 Å². The van der Waals surface area contributed by atoms with E-state index in [-0.39, 0.29) is 0 Å². The van der Waals surface area contributed by atoms with Gasteiger partial charge in [0.2, 0.25) is 0 Å². The summed E-state index contributed by atoms with van der Waals surface area (Å²) >= 11 is 5.37. The molecule has 1 aliphatic heterocycles. The minimum Gasteiger partial charge on any atom is -0.313 e. The third-order valence-corrected chi connectivity index (χ3v) is 4.78. The first-order chi connectivity index (χ1) is 7.65. The Hall–Kier alpha value is 0.1000. The number of rotatable bonds is 2. The molecule has 2 atom stereocenters. The number of thiophene rings is 1. The van der Waals surface area contributed by atoms with Gasteiger partial charge in [-0.15, -0.1) is 11.3 Å². The van der Waals surface area contributed by atoms with Gasteiger partial charge in [0.15, 0.2) is 0 Å². The molecule has 1 N–H and O–H groups in total. The van der Waals surface area contributed by atoms with Crippen LogP contribution in [0.3, 0.4) is 0 Å². The summed E-state index contributed by atoms with van der Waals surface area (Å²) in [7, 11) is 0. The Kier molecular flexibility index (Phi) is 4.41. The number of nitrogens with one attached hydrogen (secondary N) is 1. The Labute approximate surface area is 110 Å². The van der Waals surface area contributed by atoms with Crippen molar-refractivity contribution in [1.82, 2.24) is 10.2 Å². The average Bonchev–Trinajstić information content (AvgIpc) is 2.55. The lowest BCUT2D eigenvalue weighted by Gasteiger charge is -2.27. The fraction of sp³-hybridized carbons (Fsp3) is 0.667. The Morgan fingerprint density at radius 3 is 3.00 bits per heavy atom. The smallest absolute Gasteiger partial charge is 0.0701 e. The van der Waals surface area contributed by atoms with Crippen molar-refractivity contribution >= 4 is 27.3 Å². The van der Waals surface area contributed by atoms with E-state index in [4.69, 9.17) is 0 Å². The standard InChI is InChI=1S/C12H19BrN2S/c1-9-7-15(10(2)5-6-14-9)8-11-3-4-12(13)16-11/h3-4,9-10,14H,5-8H2,1-2H3. The molecule has 2 nitrogen and oxygen atoms in total. The maximum absolute atomic E-state index is 3.55. The van der Waals surface area contributed by atoms with Gasteiger partial charge in [0.25, 0.3) is 0 Å². The van der Waals surface area contributed by atoms with E-state index in [1.54, 1.807) is 0 Å². The van der Waals surface area contributed by atoms with Crippen LogP contribution in [0.25, 0.3) is 0 Å². The van der Waals surface area contributed by atoms with E-state index in [1.165, 1.54) is 15.1 Å². The number of hydrogen-bond acceptors (Lipinski definition) is 3. The molecule has 90 valence electrons. The summed E-state index contributed by atoms with van der Waals surface area (Å²) in [4.78, 5) is 4.04. The van der Waals surface area contributed by atoms with Gasteiger partial charge in [0, 0.05) is 30.1 Å². The van der Waals surface area contributed by atoms with Crippen LogP contribution in [0, 0.1) is 0 Å². The van der Waals surface area contributed by atoms with Gasteiger partial charge < -0.3 is 5.32 Å². The molecule has 0 aliphatic carbocycles. The van der Waals surface area contributed by atoms with Crippen molar-refractivity contribution in [2.45, 2.75) is 38.9 Å². The zero-order chi connectivity index (χ0) is 11.5. The Bertz CT molecular complexity index is 340. The molecule has 0 aromatic carbocycles. The molecule has 1 fully saturated rings. The molecule has 1 aromatic heterocycles. The zero-order valence-corrected chi connectivity index (χ0v) is 12.3. The Morgan fingerprint density at radius 1 is 1.50 bits per heavy atom. The van der Waals surface area contributed by atoms with E-state index in [2.05, 4.69) is 52.1 Å². The predicted octanol–water partition coefficient (Wildman–Crippen LogP) is 3.08. The molecule has 1 saturated heterocycles. The van der Waals surface area contributed by atoms with Crippen LogP contribution in [0.4, 0.5) is 0 Å². The van der Waals surface area contributed by atoms with E-state index in [0.717, 1.165) is 19.6 Å². The first-order valence-electron chi connectivity index (χ1n) is 5.87. The fourth-order valence-electron chi connectivity index (χ4n) is 2.17. The van der Waals surface area contributed by atoms with Gasteiger partial charge in [-0.05, 0) is 54.9 Å². The zero-order valence-electron chi connectivity index (χ0n) is 9.87. The van der Waals surface area contributed by atoms with Gasteiger partial charge in [-0.1, -0.05) is 0 Å². The number of halogens is 1. The van der Waals surface area contributed by atoms with Crippen LogP contribution in [0.15, 0.2) is 15.9 Å². The molecule has 2 unspecified atom stereocenters. The molecule has 4 heteroatoms. The second kappa shape index (κ2) is 5.63. The van der Waals surface area contributed by atoms with Crippen molar-refractivity contribution in [3.05, 3.63) is 20.8 Å². The molecule has 1 aromatic rings. The number of nitrogens with zero attached hydrogens (tertiary/aromatic N) is 1. The van der Waals surface area contributed by atoms with E-state index in [0.29, 0.717) is 12.1 Å². The molecule has 0 amide bonds. The third kappa shape index (κ3) is 3.29. The highest BCUT2D eigenvalue weighted by Gasteiger charge is 2.20. The highest BCUT2D eigenvalue weighted by molar-refractivity contribution is 9.11. The van der Waals surface area contributed by atoms with Crippen LogP contribution in [0.2, 0.25) is 0 Å². The van der Waals surface area contributed by atoms with Crippen molar-refractivity contribution in [2.75, 3.05) is 13.1 Å². The maximum Gasteiger partial charge on any atom is 0.0701 e. The lowest BCUT2D eigenvalue weighted by molar-refractivity contribution is 0.200. The summed E-state index contributed by atoms with van der Waals surface area (Å²) in [6.07, 6.45) is 1.25. The highest BCUT2D eigenvalue weighted by atomic mass is 79.9. The molecule has 16 heavy (non-hydrogen) atoms. The molecule has 2 rings (SSSR count). The van der Waals surface area contributed by atoms with Crippen LogP contribution < -0.4 is 5.32 Å². The molecule has 0 saturated carbocycles. The second-order valence-corrected chi connectivity index (χ2v) is 7.18. The van der Waals surface area contributed by atoms with Gasteiger partial charge in [0.1, 0.15) is 0 Å². The summed E-state index contributed by atoms with van der Waals surface area (Å²) in [6.45, 7) is 7.99. The van der Waals surface area contributed by atoms with E-state index >= 15 is 0 Å². The molecule has 2 heterocycles. The van der Waals surface area contributed by atoms with Crippen LogP contribution in [-0.4, -0.2) is 30.1 Å². The summed E-state index contributed by atoms with van der Waals surface area (Å²) in [5.41, 5.74) is 0. The second-order valence-electron chi connectivity index (χ2n) is 4.63. The monoisotopic (exact) mass is 302 g/mol. The van der Waals surface area contributed by atoms with E-state index in [9.17, 15) is 0 Å². The minimum atomic E-state index is 0.605. The number of hydrogen-bond donors (Lipinski definition) is 1. The van der Waals surface area contributed by atoms with Gasteiger partial charge in [-0.3, -0.25) is 4.90 Å². The summed E-state index contributed by atoms with van der Waals surface area (Å²) < 4.78 is 1.23. The first-order valence-corrected chi connectivity index (χ1v) is 7.48. The van der Waals surface area contributed by atoms with Crippen molar-refractivity contribution in [3.63, 3.8) is 0 Å². The molecular weight excluding hydrogens is 284 g/mol. The Balaban J connectivity index is 2.00. The van der Waals surface area contributed by atoms with Gasteiger partial charge in [0.05, 0.1) is 3.79 Å². The molecule has 0 radical (unpaired) electrons. The van der Waals surface area contributed by atoms with Gasteiger partial charge in [-0.2, -0.15) is 0 Å². The SMILES string of the molecule is CC1CN(Cc2ccc(Br)s2)C(C)CCN1. The van der Waals surface area contributed by atoms with Crippen molar-refractivity contribution in [3.8, 4) is 0 Å². The average molecular weight is 303 g/mol. The summed E-state index contributed by atoms with van der Waals surface area (Å²) in [6, 6.07) is 5.65. The molecule has 1 aliphatic rings. The van der Waals surface area contributed by atoms with E-state index in [1.807, 2.05) is 11.3 Å². The lowest BCUT2D eigenvalue weighted by Crippen LogP contribution is -2.37. The molecule has 0 bridgehead atoms. The highest BCUT2D eigenvalue weighted by Crippen LogP contribution is 2.24. The summed E-state index contributed by atoms with van der Waals surface area (Å²) in [5, 5.41) is 3.55. The quantitative estimate of drug-likeness (QED) is 0.903. The largest absolute Gasteiger partial charge is 0.313 e. The van der Waals surface area contributed by atoms with Crippen LogP contribution >= 0.6 is 27.3 Å². The first kappa shape index (κ1) is 12.6. The maximum atomic E-state index is 3.55. The molecular formula is C12H19BrN2S. The van der Waals surface area contributed by atoms with Gasteiger partial charge >= 0.3 is 0 Å². The Morgan fingerprint density at radius 2 is 2.31 bits per heavy atom. The fourth-order valence-corrected chi connectivity index (χ4v) is 3.68. The van der Waals surface area contributed by atoms with E-state index < -0.39 is 0 Å². The van der Waals surface area contributed by atoms with Gasteiger partial charge in [-0.25, -0.2) is 0 Å². The normalized spacial score (nSPS) is 27.9. The third-order valence-electron chi connectivity index (χ3n) is 3.17. The minimum absolute atomic E-state index is 0.605. The molecule has 0 spiro atoms. The van der Waals surface area contributed by atoms with Crippen LogP contribution in [-0.2, 0) is 6.54 Å². The van der Waals surface area contributed by atoms with Crippen LogP contribution in [0.5, 0.6) is 0 Å². The van der Waals surface area contributed by atoms with Crippen molar-refractivity contribution < 1.29 is 0 Å².